The summed E-state index contributed by atoms with van der Waals surface area (Å²) in [4.78, 5) is 21.9. The predicted molar refractivity (Wildman–Crippen MR) is 134 cm³/mol. The number of rotatable bonds is 6. The van der Waals surface area contributed by atoms with Crippen LogP contribution in [-0.2, 0) is 11.2 Å². The molecule has 32 heavy (non-hydrogen) atoms. The summed E-state index contributed by atoms with van der Waals surface area (Å²) in [6.07, 6.45) is 5.71. The van der Waals surface area contributed by atoms with Crippen LogP contribution in [0.5, 0.6) is 0 Å². The average molecular weight is 485 g/mol. The second-order valence-electron chi connectivity index (χ2n) is 7.21. The van der Waals surface area contributed by atoms with E-state index >= 15 is 0 Å². The molecule has 6 heteroatoms. The molecule has 1 aromatic heterocycles. The average Bonchev–Trinajstić information content (AvgIpc) is 2.81. The molecule has 4 aromatic rings. The van der Waals surface area contributed by atoms with Gasteiger partial charge in [-0.2, -0.15) is 0 Å². The number of nitrogens with one attached hydrogen (secondary N) is 1. The molecule has 5 nitrogen and oxygen atoms in total. The third-order valence-corrected chi connectivity index (χ3v) is 5.30. The number of carbonyl (C=O) groups is 1. The SMILES string of the molecule is Nc1ccc(-c2cnc(NC(=O)Cc3ccc(Br)cc3)c(C=Cc3ccccc3)n2)cc1. The van der Waals surface area contributed by atoms with Crippen LogP contribution in [0.3, 0.4) is 0 Å². The van der Waals surface area contributed by atoms with Crippen LogP contribution < -0.4 is 11.1 Å². The topological polar surface area (TPSA) is 80.9 Å². The quantitative estimate of drug-likeness (QED) is 0.336. The molecule has 0 saturated heterocycles. The van der Waals surface area contributed by atoms with Crippen molar-refractivity contribution in [2.45, 2.75) is 6.42 Å². The maximum absolute atomic E-state index is 12.7. The van der Waals surface area contributed by atoms with Gasteiger partial charge >= 0.3 is 0 Å². The molecule has 0 bridgehead atoms. The molecule has 0 unspecified atom stereocenters. The van der Waals surface area contributed by atoms with Crippen molar-refractivity contribution in [3.63, 3.8) is 0 Å². The number of nitrogens with zero attached hydrogens (tertiary/aromatic N) is 2. The fraction of sp³-hybridized carbons (Fsp3) is 0.0385. The molecule has 0 fully saturated rings. The molecule has 0 atom stereocenters. The van der Waals surface area contributed by atoms with E-state index in [0.717, 1.165) is 21.2 Å². The van der Waals surface area contributed by atoms with Crippen molar-refractivity contribution >= 4 is 45.5 Å². The van der Waals surface area contributed by atoms with Gasteiger partial charge in [-0.25, -0.2) is 9.97 Å². The highest BCUT2D eigenvalue weighted by Crippen LogP contribution is 2.22. The zero-order valence-corrected chi connectivity index (χ0v) is 18.8. The van der Waals surface area contributed by atoms with Crippen molar-refractivity contribution < 1.29 is 4.79 Å². The number of nitrogen functional groups attached to an aromatic ring is 1. The zero-order chi connectivity index (χ0) is 22.3. The molecule has 0 aliphatic rings. The van der Waals surface area contributed by atoms with Crippen molar-refractivity contribution in [1.82, 2.24) is 9.97 Å². The van der Waals surface area contributed by atoms with Crippen molar-refractivity contribution in [1.29, 1.82) is 0 Å². The van der Waals surface area contributed by atoms with Crippen LogP contribution in [0.1, 0.15) is 16.8 Å². The second-order valence-corrected chi connectivity index (χ2v) is 8.12. The van der Waals surface area contributed by atoms with Crippen LogP contribution in [0.15, 0.2) is 89.5 Å². The molecule has 0 radical (unpaired) electrons. The summed E-state index contributed by atoms with van der Waals surface area (Å²) in [6, 6.07) is 25.0. The lowest BCUT2D eigenvalue weighted by molar-refractivity contribution is -0.115. The Morgan fingerprint density at radius 2 is 1.66 bits per heavy atom. The number of hydrogen-bond donors (Lipinski definition) is 2. The molecule has 1 amide bonds. The van der Waals surface area contributed by atoms with Crippen LogP contribution >= 0.6 is 15.9 Å². The van der Waals surface area contributed by atoms with E-state index in [9.17, 15) is 4.79 Å². The van der Waals surface area contributed by atoms with Gasteiger partial charge in [-0.05, 0) is 41.5 Å². The van der Waals surface area contributed by atoms with E-state index in [4.69, 9.17) is 10.7 Å². The summed E-state index contributed by atoms with van der Waals surface area (Å²) in [5.41, 5.74) is 10.6. The van der Waals surface area contributed by atoms with E-state index < -0.39 is 0 Å². The summed E-state index contributed by atoms with van der Waals surface area (Å²) in [5, 5.41) is 2.90. The minimum absolute atomic E-state index is 0.156. The minimum Gasteiger partial charge on any atom is -0.399 e. The summed E-state index contributed by atoms with van der Waals surface area (Å²) < 4.78 is 0.971. The Morgan fingerprint density at radius 3 is 2.38 bits per heavy atom. The Balaban J connectivity index is 1.62. The van der Waals surface area contributed by atoms with E-state index in [-0.39, 0.29) is 12.3 Å². The molecule has 0 aliphatic heterocycles. The Bertz CT molecular complexity index is 1240. The molecule has 1 heterocycles. The summed E-state index contributed by atoms with van der Waals surface area (Å²) in [7, 11) is 0. The number of benzene rings is 3. The molecule has 0 saturated carbocycles. The Labute approximate surface area is 195 Å². The molecule has 3 N–H and O–H groups in total. The van der Waals surface area contributed by atoms with Crippen LogP contribution in [0, 0.1) is 0 Å². The maximum Gasteiger partial charge on any atom is 0.230 e. The molecule has 3 aromatic carbocycles. The first-order valence-corrected chi connectivity index (χ1v) is 10.9. The predicted octanol–water partition coefficient (Wildman–Crippen LogP) is 5.84. The minimum atomic E-state index is -0.156. The van der Waals surface area contributed by atoms with E-state index in [2.05, 4.69) is 26.2 Å². The lowest BCUT2D eigenvalue weighted by Gasteiger charge is -2.10. The van der Waals surface area contributed by atoms with Crippen molar-refractivity contribution in [2.75, 3.05) is 11.1 Å². The van der Waals surface area contributed by atoms with Gasteiger partial charge in [-0.1, -0.05) is 76.6 Å². The number of aromatic nitrogens is 2. The molecule has 4 rings (SSSR count). The van der Waals surface area contributed by atoms with Crippen molar-refractivity contribution in [3.8, 4) is 11.3 Å². The first-order chi connectivity index (χ1) is 15.6. The first-order valence-electron chi connectivity index (χ1n) is 10.1. The monoisotopic (exact) mass is 484 g/mol. The van der Waals surface area contributed by atoms with Gasteiger partial charge in [0.15, 0.2) is 5.82 Å². The first kappa shape index (κ1) is 21.5. The number of hydrogen-bond acceptors (Lipinski definition) is 4. The van der Waals surface area contributed by atoms with Gasteiger partial charge in [-0.15, -0.1) is 0 Å². The molecular formula is C26H21BrN4O. The Hall–Kier alpha value is -3.77. The van der Waals surface area contributed by atoms with Gasteiger partial charge in [0.05, 0.1) is 18.3 Å². The van der Waals surface area contributed by atoms with E-state index in [1.165, 1.54) is 0 Å². The molecule has 158 valence electrons. The highest BCUT2D eigenvalue weighted by molar-refractivity contribution is 9.10. The smallest absolute Gasteiger partial charge is 0.230 e. The normalized spacial score (nSPS) is 10.9. The van der Waals surface area contributed by atoms with Gasteiger partial charge < -0.3 is 11.1 Å². The lowest BCUT2D eigenvalue weighted by Crippen LogP contribution is -2.16. The molecule has 0 spiro atoms. The van der Waals surface area contributed by atoms with Gasteiger partial charge in [-0.3, -0.25) is 4.79 Å². The summed E-state index contributed by atoms with van der Waals surface area (Å²) >= 11 is 3.41. The largest absolute Gasteiger partial charge is 0.399 e. The van der Waals surface area contributed by atoms with Gasteiger partial charge in [0.1, 0.15) is 5.69 Å². The van der Waals surface area contributed by atoms with Crippen LogP contribution in [0.4, 0.5) is 11.5 Å². The fourth-order valence-corrected chi connectivity index (χ4v) is 3.38. The third-order valence-electron chi connectivity index (χ3n) is 4.77. The fourth-order valence-electron chi connectivity index (χ4n) is 3.11. The maximum atomic E-state index is 12.7. The van der Waals surface area contributed by atoms with E-state index in [1.54, 1.807) is 6.20 Å². The van der Waals surface area contributed by atoms with E-state index in [0.29, 0.717) is 22.9 Å². The summed E-state index contributed by atoms with van der Waals surface area (Å²) in [5.74, 6) is 0.259. The van der Waals surface area contributed by atoms with Gasteiger partial charge in [0, 0.05) is 15.7 Å². The second kappa shape index (κ2) is 10.0. The number of anilines is 2. The molecule has 0 aliphatic carbocycles. The van der Waals surface area contributed by atoms with Gasteiger partial charge in [0.25, 0.3) is 0 Å². The zero-order valence-electron chi connectivity index (χ0n) is 17.2. The molecular weight excluding hydrogens is 464 g/mol. The lowest BCUT2D eigenvalue weighted by atomic mass is 10.1. The number of nitrogens with two attached hydrogens (primary N) is 1. The number of halogens is 1. The van der Waals surface area contributed by atoms with E-state index in [1.807, 2.05) is 91.0 Å². The standard InChI is InChI=1S/C26H21BrN4O/c27-21-11-6-19(7-12-21)16-25(32)31-26-23(15-8-18-4-2-1-3-5-18)30-24(17-29-26)20-9-13-22(28)14-10-20/h1-15,17H,16,28H2,(H,29,31,32). The Morgan fingerprint density at radius 1 is 0.938 bits per heavy atom. The van der Waals surface area contributed by atoms with Crippen LogP contribution in [0.2, 0.25) is 0 Å². The van der Waals surface area contributed by atoms with Crippen LogP contribution in [-0.4, -0.2) is 15.9 Å². The third kappa shape index (κ3) is 5.68. The van der Waals surface area contributed by atoms with Gasteiger partial charge in [0.2, 0.25) is 5.91 Å². The van der Waals surface area contributed by atoms with Crippen molar-refractivity contribution in [3.05, 3.63) is 106 Å². The van der Waals surface area contributed by atoms with Crippen LogP contribution in [0.25, 0.3) is 23.4 Å². The Kier molecular flexibility index (Phi) is 6.72. The highest BCUT2D eigenvalue weighted by Gasteiger charge is 2.11. The number of carbonyl (C=O) groups excluding carboxylic acids is 1. The highest BCUT2D eigenvalue weighted by atomic mass is 79.9. The van der Waals surface area contributed by atoms with Crippen molar-refractivity contribution in [2.24, 2.45) is 0 Å². The summed E-state index contributed by atoms with van der Waals surface area (Å²) in [6.45, 7) is 0. The number of amides is 1.